The van der Waals surface area contributed by atoms with Gasteiger partial charge < -0.3 is 25.0 Å². The summed E-state index contributed by atoms with van der Waals surface area (Å²) in [5.41, 5.74) is 0.852. The van der Waals surface area contributed by atoms with E-state index in [4.69, 9.17) is 9.47 Å². The second-order valence-corrected chi connectivity index (χ2v) is 6.38. The van der Waals surface area contributed by atoms with Crippen molar-refractivity contribution in [2.24, 2.45) is 0 Å². The van der Waals surface area contributed by atoms with E-state index in [1.54, 1.807) is 13.3 Å². The minimum atomic E-state index is 0.527. The van der Waals surface area contributed by atoms with E-state index in [1.807, 2.05) is 31.3 Å². The molecule has 1 aromatic heterocycles. The lowest BCUT2D eigenvalue weighted by molar-refractivity contribution is 0.109. The first kappa shape index (κ1) is 18.3. The Morgan fingerprint density at radius 1 is 1.23 bits per heavy atom. The summed E-state index contributed by atoms with van der Waals surface area (Å²) in [6, 6.07) is 8.09. The van der Waals surface area contributed by atoms with E-state index >= 15 is 0 Å². The van der Waals surface area contributed by atoms with Crippen LogP contribution in [0.1, 0.15) is 19.8 Å². The molecule has 1 aliphatic heterocycles. The van der Waals surface area contributed by atoms with Crippen LogP contribution in [0.4, 0.5) is 17.5 Å². The molecule has 0 saturated carbocycles. The topological polar surface area (TPSA) is 71.5 Å². The van der Waals surface area contributed by atoms with Gasteiger partial charge in [-0.3, -0.25) is 0 Å². The van der Waals surface area contributed by atoms with Gasteiger partial charge in [-0.2, -0.15) is 4.98 Å². The number of nitrogens with one attached hydrogen (secondary N) is 2. The molecule has 0 aliphatic carbocycles. The Balaban J connectivity index is 1.63. The van der Waals surface area contributed by atoms with Gasteiger partial charge in [-0.1, -0.05) is 0 Å². The third kappa shape index (κ3) is 4.54. The van der Waals surface area contributed by atoms with Gasteiger partial charge in [-0.25, -0.2) is 4.98 Å². The number of nitrogens with zero attached hydrogens (tertiary/aromatic N) is 3. The lowest BCUT2D eigenvalue weighted by Gasteiger charge is -2.36. The van der Waals surface area contributed by atoms with Crippen molar-refractivity contribution in [1.29, 1.82) is 0 Å². The highest BCUT2D eigenvalue weighted by Crippen LogP contribution is 2.31. The minimum absolute atomic E-state index is 0.527. The Labute approximate surface area is 154 Å². The third-order valence-electron chi connectivity index (χ3n) is 4.64. The summed E-state index contributed by atoms with van der Waals surface area (Å²) in [5.74, 6) is 2.72. The van der Waals surface area contributed by atoms with Crippen LogP contribution in [0.25, 0.3) is 0 Å². The quantitative estimate of drug-likeness (QED) is 0.714. The number of benzene rings is 1. The Kier molecular flexibility index (Phi) is 6.12. The van der Waals surface area contributed by atoms with Crippen LogP contribution in [0.15, 0.2) is 30.5 Å². The normalized spacial score (nSPS) is 15.0. The van der Waals surface area contributed by atoms with E-state index in [9.17, 15) is 0 Å². The number of hydrogen-bond acceptors (Lipinski definition) is 7. The standard InChI is InChI=1S/C19H27N5O2/c1-14(24-10-4-11-24)8-12-26-17-13-15(5-6-16(17)25-3)22-19-21-9-7-18(20-2)23-19/h5-7,9,13-14H,4,8,10-12H2,1-3H3,(H2,20,21,22,23). The van der Waals surface area contributed by atoms with Crippen LogP contribution < -0.4 is 20.1 Å². The van der Waals surface area contributed by atoms with Crippen LogP contribution >= 0.6 is 0 Å². The maximum Gasteiger partial charge on any atom is 0.229 e. The zero-order valence-corrected chi connectivity index (χ0v) is 15.7. The van der Waals surface area contributed by atoms with Gasteiger partial charge >= 0.3 is 0 Å². The second-order valence-electron chi connectivity index (χ2n) is 6.38. The molecule has 0 amide bonds. The molecule has 0 bridgehead atoms. The molecule has 2 heterocycles. The Morgan fingerprint density at radius 3 is 2.77 bits per heavy atom. The van der Waals surface area contributed by atoms with Crippen LogP contribution in [0.5, 0.6) is 11.5 Å². The average Bonchev–Trinajstić information content (AvgIpc) is 2.60. The van der Waals surface area contributed by atoms with Crippen molar-refractivity contribution >= 4 is 17.5 Å². The minimum Gasteiger partial charge on any atom is -0.493 e. The fourth-order valence-corrected chi connectivity index (χ4v) is 2.86. The average molecular weight is 357 g/mol. The molecule has 1 saturated heterocycles. The predicted octanol–water partition coefficient (Wildman–Crippen LogP) is 3.13. The molecule has 26 heavy (non-hydrogen) atoms. The summed E-state index contributed by atoms with van der Waals surface area (Å²) >= 11 is 0. The summed E-state index contributed by atoms with van der Waals surface area (Å²) in [5, 5.41) is 6.20. The summed E-state index contributed by atoms with van der Waals surface area (Å²) in [6.07, 6.45) is 4.01. The van der Waals surface area contributed by atoms with Crippen LogP contribution in [-0.2, 0) is 0 Å². The molecule has 3 rings (SSSR count). The molecule has 7 nitrogen and oxygen atoms in total. The molecular weight excluding hydrogens is 330 g/mol. The smallest absolute Gasteiger partial charge is 0.229 e. The molecule has 1 aromatic carbocycles. The van der Waals surface area contributed by atoms with Crippen molar-refractivity contribution in [3.63, 3.8) is 0 Å². The Bertz CT molecular complexity index is 721. The SMILES string of the molecule is CNc1ccnc(Nc2ccc(OC)c(OCCC(C)N3CCC3)c2)n1. The fraction of sp³-hybridized carbons (Fsp3) is 0.474. The van der Waals surface area contributed by atoms with Crippen LogP contribution in [0, 0.1) is 0 Å². The van der Waals surface area contributed by atoms with Gasteiger partial charge in [0, 0.05) is 31.0 Å². The summed E-state index contributed by atoms with van der Waals surface area (Å²) < 4.78 is 11.4. The molecular formula is C19H27N5O2. The zero-order valence-electron chi connectivity index (χ0n) is 15.7. The van der Waals surface area contributed by atoms with E-state index in [1.165, 1.54) is 19.5 Å². The van der Waals surface area contributed by atoms with Gasteiger partial charge in [0.15, 0.2) is 11.5 Å². The number of likely N-dealkylation sites (tertiary alicyclic amines) is 1. The zero-order chi connectivity index (χ0) is 18.4. The Hall–Kier alpha value is -2.54. The van der Waals surface area contributed by atoms with Gasteiger partial charge in [0.25, 0.3) is 0 Å². The van der Waals surface area contributed by atoms with Gasteiger partial charge in [-0.15, -0.1) is 0 Å². The fourth-order valence-electron chi connectivity index (χ4n) is 2.86. The highest BCUT2D eigenvalue weighted by Gasteiger charge is 2.20. The number of ether oxygens (including phenoxy) is 2. The lowest BCUT2D eigenvalue weighted by atomic mass is 10.1. The largest absolute Gasteiger partial charge is 0.493 e. The second kappa shape index (κ2) is 8.71. The van der Waals surface area contributed by atoms with Crippen LogP contribution in [-0.4, -0.2) is 54.8 Å². The van der Waals surface area contributed by atoms with Gasteiger partial charge in [0.1, 0.15) is 5.82 Å². The van der Waals surface area contributed by atoms with Crippen LogP contribution in [0.2, 0.25) is 0 Å². The van der Waals surface area contributed by atoms with Gasteiger partial charge in [0.05, 0.1) is 13.7 Å². The maximum atomic E-state index is 6.00. The number of anilines is 3. The van der Waals surface area contributed by atoms with E-state index in [0.717, 1.165) is 29.4 Å². The van der Waals surface area contributed by atoms with Crippen molar-refractivity contribution < 1.29 is 9.47 Å². The highest BCUT2D eigenvalue weighted by molar-refractivity contribution is 5.60. The van der Waals surface area contributed by atoms with E-state index < -0.39 is 0 Å². The molecule has 2 aromatic rings. The highest BCUT2D eigenvalue weighted by atomic mass is 16.5. The molecule has 1 fully saturated rings. The number of aromatic nitrogens is 2. The lowest BCUT2D eigenvalue weighted by Crippen LogP contribution is -2.44. The number of methoxy groups -OCH3 is 1. The van der Waals surface area contributed by atoms with Gasteiger partial charge in [-0.05, 0) is 51.1 Å². The molecule has 2 N–H and O–H groups in total. The first-order chi connectivity index (χ1) is 12.7. The van der Waals surface area contributed by atoms with Crippen LogP contribution in [0.3, 0.4) is 0 Å². The number of hydrogen-bond donors (Lipinski definition) is 2. The van der Waals surface area contributed by atoms with E-state index in [-0.39, 0.29) is 0 Å². The molecule has 0 spiro atoms. The van der Waals surface area contributed by atoms with Crippen molar-refractivity contribution in [2.75, 3.05) is 44.5 Å². The molecule has 140 valence electrons. The van der Waals surface area contributed by atoms with E-state index in [0.29, 0.717) is 18.6 Å². The van der Waals surface area contributed by atoms with Crippen molar-refractivity contribution in [3.05, 3.63) is 30.5 Å². The van der Waals surface area contributed by atoms with Crippen molar-refractivity contribution in [2.45, 2.75) is 25.8 Å². The molecule has 1 unspecified atom stereocenters. The first-order valence-electron chi connectivity index (χ1n) is 9.02. The predicted molar refractivity (Wildman–Crippen MR) is 104 cm³/mol. The summed E-state index contributed by atoms with van der Waals surface area (Å²) in [7, 11) is 3.48. The monoisotopic (exact) mass is 357 g/mol. The summed E-state index contributed by atoms with van der Waals surface area (Å²) in [6.45, 7) is 5.32. The van der Waals surface area contributed by atoms with E-state index in [2.05, 4.69) is 32.4 Å². The maximum absolute atomic E-state index is 6.00. The van der Waals surface area contributed by atoms with Crippen molar-refractivity contribution in [1.82, 2.24) is 14.9 Å². The summed E-state index contributed by atoms with van der Waals surface area (Å²) in [4.78, 5) is 11.1. The molecule has 1 atom stereocenters. The van der Waals surface area contributed by atoms with Gasteiger partial charge in [0.2, 0.25) is 5.95 Å². The number of rotatable bonds is 9. The first-order valence-corrected chi connectivity index (χ1v) is 9.02. The molecule has 7 heteroatoms. The molecule has 1 aliphatic rings. The molecule has 0 radical (unpaired) electrons. The van der Waals surface area contributed by atoms with Crippen molar-refractivity contribution in [3.8, 4) is 11.5 Å². The Morgan fingerprint density at radius 2 is 2.08 bits per heavy atom. The third-order valence-corrected chi connectivity index (χ3v) is 4.64.